The van der Waals surface area contributed by atoms with E-state index >= 15 is 0 Å². The highest BCUT2D eigenvalue weighted by molar-refractivity contribution is 5.74. The molecule has 6 nitrogen and oxygen atoms in total. The minimum atomic E-state index is -1.87. The van der Waals surface area contributed by atoms with Gasteiger partial charge in [0.25, 0.3) is 11.6 Å². The number of aromatic amines is 1. The molecule has 9 heteroatoms. The summed E-state index contributed by atoms with van der Waals surface area (Å²) in [6, 6.07) is 5.56. The van der Waals surface area contributed by atoms with E-state index in [1.807, 2.05) is 0 Å². The Balaban J connectivity index is 1.91. The molecule has 1 aromatic carbocycles. The summed E-state index contributed by atoms with van der Waals surface area (Å²) in [6.07, 6.45) is 0.0290. The maximum absolute atomic E-state index is 12.9. The lowest BCUT2D eigenvalue weighted by molar-refractivity contribution is 0.414. The molecule has 2 N–H and O–H groups in total. The topological polar surface area (TPSA) is 75.6 Å². The predicted molar refractivity (Wildman–Crippen MR) is 78.1 cm³/mol. The monoisotopic (exact) mass is 321 g/mol. The summed E-state index contributed by atoms with van der Waals surface area (Å²) < 4.78 is 38.1. The number of fused-ring (bicyclic) bond motifs is 1. The van der Waals surface area contributed by atoms with Gasteiger partial charge in [0, 0.05) is 18.0 Å². The van der Waals surface area contributed by atoms with E-state index in [0.717, 1.165) is 4.68 Å². The highest BCUT2D eigenvalue weighted by atomic mass is 19.3. The highest BCUT2D eigenvalue weighted by Gasteiger charge is 2.09. The van der Waals surface area contributed by atoms with Gasteiger partial charge >= 0.3 is 0 Å². The SMILES string of the molecule is O=c1c2cnc(Nc3ccc(F)cc3)nc2[nH]n1CC=C(F)F. The first kappa shape index (κ1) is 14.8. The molecular weight excluding hydrogens is 311 g/mol. The van der Waals surface area contributed by atoms with E-state index in [9.17, 15) is 18.0 Å². The molecule has 0 aliphatic heterocycles. The van der Waals surface area contributed by atoms with Crippen molar-refractivity contribution < 1.29 is 13.2 Å². The van der Waals surface area contributed by atoms with Gasteiger partial charge in [0.1, 0.15) is 11.2 Å². The molecule has 0 amide bonds. The van der Waals surface area contributed by atoms with Crippen molar-refractivity contribution in [1.82, 2.24) is 19.7 Å². The number of benzene rings is 1. The molecule has 3 aromatic rings. The molecule has 2 aromatic heterocycles. The number of nitrogens with zero attached hydrogens (tertiary/aromatic N) is 3. The maximum atomic E-state index is 12.9. The molecule has 0 saturated carbocycles. The largest absolute Gasteiger partial charge is 0.324 e. The van der Waals surface area contributed by atoms with Gasteiger partial charge in [0.2, 0.25) is 5.95 Å². The van der Waals surface area contributed by atoms with Crippen LogP contribution in [0.3, 0.4) is 0 Å². The molecule has 0 bridgehead atoms. The van der Waals surface area contributed by atoms with Crippen LogP contribution in [-0.2, 0) is 6.54 Å². The quantitative estimate of drug-likeness (QED) is 0.775. The molecule has 23 heavy (non-hydrogen) atoms. The Morgan fingerprint density at radius 1 is 1.30 bits per heavy atom. The van der Waals surface area contributed by atoms with Gasteiger partial charge in [-0.15, -0.1) is 0 Å². The fourth-order valence-electron chi connectivity index (χ4n) is 1.96. The molecule has 0 atom stereocenters. The molecule has 0 fully saturated rings. The van der Waals surface area contributed by atoms with Gasteiger partial charge < -0.3 is 5.32 Å². The third kappa shape index (κ3) is 3.23. The molecule has 0 saturated heterocycles. The summed E-state index contributed by atoms with van der Waals surface area (Å²) in [5.41, 5.74) is 0.281. The van der Waals surface area contributed by atoms with Gasteiger partial charge in [0.05, 0.1) is 6.54 Å². The van der Waals surface area contributed by atoms with Crippen molar-refractivity contribution in [3.63, 3.8) is 0 Å². The zero-order valence-electron chi connectivity index (χ0n) is 11.6. The Hall–Kier alpha value is -3.10. The molecule has 0 spiro atoms. The number of H-pyrrole nitrogens is 1. The van der Waals surface area contributed by atoms with E-state index in [2.05, 4.69) is 20.4 Å². The average molecular weight is 321 g/mol. The Bertz CT molecular complexity index is 926. The van der Waals surface area contributed by atoms with Crippen LogP contribution in [0.15, 0.2) is 47.4 Å². The van der Waals surface area contributed by atoms with Crippen LogP contribution in [0, 0.1) is 5.82 Å². The second-order valence-electron chi connectivity index (χ2n) is 4.61. The lowest BCUT2D eigenvalue weighted by atomic mass is 10.3. The Morgan fingerprint density at radius 3 is 2.74 bits per heavy atom. The van der Waals surface area contributed by atoms with Crippen molar-refractivity contribution >= 4 is 22.7 Å². The highest BCUT2D eigenvalue weighted by Crippen LogP contribution is 2.14. The maximum Gasteiger partial charge on any atom is 0.277 e. The molecule has 0 aliphatic carbocycles. The number of anilines is 2. The van der Waals surface area contributed by atoms with Crippen LogP contribution in [0.5, 0.6) is 0 Å². The fraction of sp³-hybridized carbons (Fsp3) is 0.0714. The number of rotatable bonds is 4. The van der Waals surface area contributed by atoms with Crippen LogP contribution in [0.1, 0.15) is 0 Å². The summed E-state index contributed by atoms with van der Waals surface area (Å²) in [5.74, 6) is -0.189. The smallest absolute Gasteiger partial charge is 0.277 e. The molecular formula is C14H10F3N5O. The number of aromatic nitrogens is 4. The predicted octanol–water partition coefficient (Wildman–Crippen LogP) is 2.78. The Morgan fingerprint density at radius 2 is 2.04 bits per heavy atom. The van der Waals surface area contributed by atoms with Gasteiger partial charge in [-0.3, -0.25) is 9.89 Å². The second-order valence-corrected chi connectivity index (χ2v) is 4.61. The van der Waals surface area contributed by atoms with E-state index in [0.29, 0.717) is 11.8 Å². The minimum absolute atomic E-state index is 0.183. The number of halogens is 3. The van der Waals surface area contributed by atoms with Crippen LogP contribution >= 0.6 is 0 Å². The number of hydrogen-bond acceptors (Lipinski definition) is 4. The van der Waals surface area contributed by atoms with E-state index in [1.54, 1.807) is 0 Å². The van der Waals surface area contributed by atoms with Crippen LogP contribution in [-0.4, -0.2) is 19.7 Å². The Labute approximate surface area is 127 Å². The van der Waals surface area contributed by atoms with Crippen molar-refractivity contribution in [3.05, 3.63) is 58.8 Å². The minimum Gasteiger partial charge on any atom is -0.324 e. The van der Waals surface area contributed by atoms with Crippen LogP contribution in [0.4, 0.5) is 24.8 Å². The first-order chi connectivity index (χ1) is 11.0. The number of hydrogen-bond donors (Lipinski definition) is 2. The van der Waals surface area contributed by atoms with Crippen LogP contribution in [0.25, 0.3) is 11.0 Å². The lowest BCUT2D eigenvalue weighted by Crippen LogP contribution is -2.15. The summed E-state index contributed by atoms with van der Waals surface area (Å²) >= 11 is 0. The summed E-state index contributed by atoms with van der Waals surface area (Å²) in [7, 11) is 0. The molecule has 0 radical (unpaired) electrons. The Kier molecular flexibility index (Phi) is 3.83. The molecule has 0 aliphatic rings. The third-order valence-corrected chi connectivity index (χ3v) is 3.03. The molecule has 0 unspecified atom stereocenters. The van der Waals surface area contributed by atoms with E-state index in [-0.39, 0.29) is 29.3 Å². The van der Waals surface area contributed by atoms with Gasteiger partial charge in [-0.25, -0.2) is 14.1 Å². The van der Waals surface area contributed by atoms with Crippen molar-refractivity contribution in [2.45, 2.75) is 6.54 Å². The van der Waals surface area contributed by atoms with Gasteiger partial charge in [-0.1, -0.05) is 0 Å². The van der Waals surface area contributed by atoms with Crippen molar-refractivity contribution in [3.8, 4) is 0 Å². The standard InChI is InChI=1S/C14H10F3N5O/c15-8-1-3-9(4-2-8)19-14-18-7-10-12(20-14)21-22(13(10)23)6-5-11(16)17/h1-5,7H,6H2,(H2,18,19,20,21). The van der Waals surface area contributed by atoms with E-state index < -0.39 is 11.6 Å². The van der Waals surface area contributed by atoms with Gasteiger partial charge in [0.15, 0.2) is 5.65 Å². The normalized spacial score (nSPS) is 10.7. The van der Waals surface area contributed by atoms with E-state index in [4.69, 9.17) is 0 Å². The van der Waals surface area contributed by atoms with Crippen LogP contribution in [0.2, 0.25) is 0 Å². The second kappa shape index (κ2) is 5.95. The zero-order chi connectivity index (χ0) is 16.4. The summed E-state index contributed by atoms with van der Waals surface area (Å²) in [5, 5.41) is 5.66. The molecule has 2 heterocycles. The number of nitrogens with one attached hydrogen (secondary N) is 2. The van der Waals surface area contributed by atoms with Crippen molar-refractivity contribution in [1.29, 1.82) is 0 Å². The van der Waals surface area contributed by atoms with Gasteiger partial charge in [-0.2, -0.15) is 13.8 Å². The average Bonchev–Trinajstić information content (AvgIpc) is 2.83. The first-order valence-electron chi connectivity index (χ1n) is 6.52. The molecule has 3 rings (SSSR count). The first-order valence-corrected chi connectivity index (χ1v) is 6.52. The third-order valence-electron chi connectivity index (χ3n) is 3.03. The number of allylic oxidation sites excluding steroid dienone is 1. The molecule has 118 valence electrons. The summed E-state index contributed by atoms with van der Waals surface area (Å²) in [4.78, 5) is 20.0. The zero-order valence-corrected chi connectivity index (χ0v) is 11.6. The van der Waals surface area contributed by atoms with Crippen LogP contribution < -0.4 is 10.9 Å². The van der Waals surface area contributed by atoms with Gasteiger partial charge in [-0.05, 0) is 24.3 Å². The van der Waals surface area contributed by atoms with E-state index in [1.165, 1.54) is 30.5 Å². The fourth-order valence-corrected chi connectivity index (χ4v) is 1.96. The van der Waals surface area contributed by atoms with Crippen molar-refractivity contribution in [2.75, 3.05) is 5.32 Å². The van der Waals surface area contributed by atoms with Crippen molar-refractivity contribution in [2.24, 2.45) is 0 Å². The summed E-state index contributed by atoms with van der Waals surface area (Å²) in [6.45, 7) is -0.293. The lowest BCUT2D eigenvalue weighted by Gasteiger charge is -2.03.